The Morgan fingerprint density at radius 3 is 2.26 bits per heavy atom. The second-order valence-corrected chi connectivity index (χ2v) is 7.06. The van der Waals surface area contributed by atoms with Crippen LogP contribution in [0.3, 0.4) is 0 Å². The smallest absolute Gasteiger partial charge is 0.324 e. The zero-order valence-electron chi connectivity index (χ0n) is 14.4. The highest BCUT2D eigenvalue weighted by molar-refractivity contribution is 7.92. The number of sulfonamides is 1. The van der Waals surface area contributed by atoms with Crippen molar-refractivity contribution in [3.63, 3.8) is 0 Å². The Morgan fingerprint density at radius 1 is 1.15 bits per heavy atom. The highest BCUT2D eigenvalue weighted by atomic mass is 32.2. The standard InChI is InChI=1S/C16H16N2O8S/c1-25-12-5-8-14(15(9-12)26-2)17(10-16(19)20)27(23,24)13-6-3-11(4-7-13)18(21)22/h3-9H,10H2,1-2H3,(H,19,20). The van der Waals surface area contributed by atoms with E-state index in [0.717, 1.165) is 24.3 Å². The molecule has 0 saturated heterocycles. The summed E-state index contributed by atoms with van der Waals surface area (Å²) in [7, 11) is -1.62. The van der Waals surface area contributed by atoms with Crippen LogP contribution in [0.15, 0.2) is 47.4 Å². The van der Waals surface area contributed by atoms with Crippen LogP contribution in [0.2, 0.25) is 0 Å². The Morgan fingerprint density at radius 2 is 1.78 bits per heavy atom. The van der Waals surface area contributed by atoms with Gasteiger partial charge in [-0.05, 0) is 24.3 Å². The molecule has 0 aromatic heterocycles. The van der Waals surface area contributed by atoms with E-state index in [1.807, 2.05) is 0 Å². The van der Waals surface area contributed by atoms with Gasteiger partial charge in [0.1, 0.15) is 18.0 Å². The molecular weight excluding hydrogens is 380 g/mol. The third-order valence-electron chi connectivity index (χ3n) is 3.57. The van der Waals surface area contributed by atoms with Crippen molar-refractivity contribution in [2.75, 3.05) is 25.1 Å². The molecule has 2 aromatic carbocycles. The molecular formula is C16H16N2O8S. The van der Waals surface area contributed by atoms with Gasteiger partial charge in [-0.15, -0.1) is 0 Å². The molecule has 0 aliphatic rings. The molecule has 10 nitrogen and oxygen atoms in total. The molecule has 0 aliphatic carbocycles. The molecule has 2 aromatic rings. The van der Waals surface area contributed by atoms with E-state index in [-0.39, 0.29) is 22.0 Å². The molecule has 2 rings (SSSR count). The number of nitrogens with zero attached hydrogens (tertiary/aromatic N) is 2. The minimum absolute atomic E-state index is 0.0148. The first-order valence-electron chi connectivity index (χ1n) is 7.41. The summed E-state index contributed by atoms with van der Waals surface area (Å²) in [6.45, 7) is -0.873. The van der Waals surface area contributed by atoms with Gasteiger partial charge in [0, 0.05) is 18.2 Å². The van der Waals surface area contributed by atoms with Crippen molar-refractivity contribution in [2.24, 2.45) is 0 Å². The van der Waals surface area contributed by atoms with Crippen LogP contribution in [0.25, 0.3) is 0 Å². The Labute approximate surface area is 154 Å². The van der Waals surface area contributed by atoms with Gasteiger partial charge in [-0.25, -0.2) is 8.42 Å². The van der Waals surface area contributed by atoms with Crippen LogP contribution in [-0.4, -0.2) is 45.2 Å². The fourth-order valence-electron chi connectivity index (χ4n) is 2.28. The molecule has 27 heavy (non-hydrogen) atoms. The Bertz CT molecular complexity index is 957. The van der Waals surface area contributed by atoms with Crippen LogP contribution < -0.4 is 13.8 Å². The first kappa shape index (κ1) is 20.0. The number of methoxy groups -OCH3 is 2. The summed E-state index contributed by atoms with van der Waals surface area (Å²) in [5.74, 6) is -0.918. The minimum atomic E-state index is -4.33. The molecule has 0 fully saturated rings. The quantitative estimate of drug-likeness (QED) is 0.528. The normalized spacial score (nSPS) is 10.9. The molecule has 1 N–H and O–H groups in total. The number of carboxylic acids is 1. The first-order valence-corrected chi connectivity index (χ1v) is 8.85. The second kappa shape index (κ2) is 7.91. The third kappa shape index (κ3) is 4.26. The van der Waals surface area contributed by atoms with E-state index in [2.05, 4.69) is 0 Å². The molecule has 11 heteroatoms. The second-order valence-electron chi connectivity index (χ2n) is 5.19. The summed E-state index contributed by atoms with van der Waals surface area (Å²) in [6.07, 6.45) is 0. The predicted molar refractivity (Wildman–Crippen MR) is 94.8 cm³/mol. The van der Waals surface area contributed by atoms with Crippen molar-refractivity contribution in [1.29, 1.82) is 0 Å². The van der Waals surface area contributed by atoms with Gasteiger partial charge in [-0.3, -0.25) is 19.2 Å². The lowest BCUT2D eigenvalue weighted by molar-refractivity contribution is -0.384. The third-order valence-corrected chi connectivity index (χ3v) is 5.34. The summed E-state index contributed by atoms with van der Waals surface area (Å²) in [6, 6.07) is 8.35. The van der Waals surface area contributed by atoms with E-state index >= 15 is 0 Å². The molecule has 0 radical (unpaired) electrons. The van der Waals surface area contributed by atoms with Gasteiger partial charge in [-0.2, -0.15) is 0 Å². The molecule has 0 amide bonds. The number of nitro benzene ring substituents is 1. The minimum Gasteiger partial charge on any atom is -0.497 e. The average molecular weight is 396 g/mol. The number of anilines is 1. The molecule has 0 aliphatic heterocycles. The lowest BCUT2D eigenvalue weighted by atomic mass is 10.2. The summed E-state index contributed by atoms with van der Waals surface area (Å²) in [5.41, 5.74) is -0.306. The monoisotopic (exact) mass is 396 g/mol. The van der Waals surface area contributed by atoms with Crippen LogP contribution in [0.4, 0.5) is 11.4 Å². The zero-order chi connectivity index (χ0) is 20.2. The van der Waals surface area contributed by atoms with Gasteiger partial charge in [0.05, 0.1) is 29.7 Å². The highest BCUT2D eigenvalue weighted by Gasteiger charge is 2.30. The maximum absolute atomic E-state index is 13.0. The van der Waals surface area contributed by atoms with Gasteiger partial charge < -0.3 is 14.6 Å². The lowest BCUT2D eigenvalue weighted by Gasteiger charge is -2.24. The molecule has 0 saturated carbocycles. The van der Waals surface area contributed by atoms with Gasteiger partial charge in [0.15, 0.2) is 0 Å². The maximum atomic E-state index is 13.0. The van der Waals surface area contributed by atoms with Crippen LogP contribution >= 0.6 is 0 Å². The van der Waals surface area contributed by atoms with Gasteiger partial charge in [-0.1, -0.05) is 0 Å². The Balaban J connectivity index is 2.58. The van der Waals surface area contributed by atoms with Crippen molar-refractivity contribution < 1.29 is 32.7 Å². The SMILES string of the molecule is COc1ccc(N(CC(=O)O)S(=O)(=O)c2ccc([N+](=O)[O-])cc2)c(OC)c1. The topological polar surface area (TPSA) is 136 Å². The van der Waals surface area contributed by atoms with Crippen LogP contribution in [0.5, 0.6) is 11.5 Å². The number of hydrogen-bond donors (Lipinski definition) is 1. The number of aliphatic carboxylic acids is 1. The van der Waals surface area contributed by atoms with Gasteiger partial charge in [0.25, 0.3) is 15.7 Å². The van der Waals surface area contributed by atoms with E-state index in [1.54, 1.807) is 0 Å². The summed E-state index contributed by atoms with van der Waals surface area (Å²) in [4.78, 5) is 21.0. The van der Waals surface area contributed by atoms with E-state index < -0.39 is 27.5 Å². The molecule has 0 atom stereocenters. The number of rotatable bonds is 8. The number of carboxylic acid groups (broad SMARTS) is 1. The Kier molecular flexibility index (Phi) is 5.85. The number of benzene rings is 2. The summed E-state index contributed by atoms with van der Waals surface area (Å²) >= 11 is 0. The molecule has 0 unspecified atom stereocenters. The Hall–Kier alpha value is -3.34. The van der Waals surface area contributed by atoms with Crippen LogP contribution in [0.1, 0.15) is 0 Å². The number of nitro groups is 1. The predicted octanol–water partition coefficient (Wildman–Crippen LogP) is 1.89. The molecule has 0 spiro atoms. The lowest BCUT2D eigenvalue weighted by Crippen LogP contribution is -2.36. The van der Waals surface area contributed by atoms with Crippen molar-refractivity contribution >= 4 is 27.4 Å². The summed E-state index contributed by atoms with van der Waals surface area (Å²) < 4.78 is 36.8. The van der Waals surface area contributed by atoms with Crippen molar-refractivity contribution in [3.8, 4) is 11.5 Å². The van der Waals surface area contributed by atoms with Crippen LogP contribution in [-0.2, 0) is 14.8 Å². The van der Waals surface area contributed by atoms with Crippen LogP contribution in [0, 0.1) is 10.1 Å². The molecule has 0 bridgehead atoms. The molecule has 0 heterocycles. The average Bonchev–Trinajstić information content (AvgIpc) is 2.65. The fraction of sp³-hybridized carbons (Fsp3) is 0.188. The molecule has 144 valence electrons. The highest BCUT2D eigenvalue weighted by Crippen LogP contribution is 2.35. The number of hydrogen-bond acceptors (Lipinski definition) is 7. The largest absolute Gasteiger partial charge is 0.497 e. The van der Waals surface area contributed by atoms with E-state index in [0.29, 0.717) is 10.1 Å². The van der Waals surface area contributed by atoms with Crippen molar-refractivity contribution in [1.82, 2.24) is 0 Å². The number of non-ortho nitro benzene ring substituents is 1. The van der Waals surface area contributed by atoms with Gasteiger partial charge >= 0.3 is 5.97 Å². The number of ether oxygens (including phenoxy) is 2. The van der Waals surface area contributed by atoms with Crippen molar-refractivity contribution in [2.45, 2.75) is 4.90 Å². The number of carbonyl (C=O) groups is 1. The van der Waals surface area contributed by atoms with Gasteiger partial charge in [0.2, 0.25) is 0 Å². The van der Waals surface area contributed by atoms with Crippen molar-refractivity contribution in [3.05, 3.63) is 52.6 Å². The van der Waals surface area contributed by atoms with E-state index in [1.165, 1.54) is 32.4 Å². The van der Waals surface area contributed by atoms with E-state index in [9.17, 15) is 28.4 Å². The maximum Gasteiger partial charge on any atom is 0.324 e. The first-order chi connectivity index (χ1) is 12.7. The summed E-state index contributed by atoms with van der Waals surface area (Å²) in [5, 5.41) is 19.9. The zero-order valence-corrected chi connectivity index (χ0v) is 15.2. The van der Waals surface area contributed by atoms with E-state index in [4.69, 9.17) is 9.47 Å². The fourth-order valence-corrected chi connectivity index (χ4v) is 3.71.